The Morgan fingerprint density at radius 2 is 2.35 bits per heavy atom. The molecule has 4 heteroatoms. The Labute approximate surface area is 107 Å². The predicted molar refractivity (Wildman–Crippen MR) is 68.8 cm³/mol. The minimum atomic E-state index is 0.177. The molecule has 0 radical (unpaired) electrons. The van der Waals surface area contributed by atoms with Crippen LogP contribution in [0, 0.1) is 0 Å². The van der Waals surface area contributed by atoms with Crippen molar-refractivity contribution in [1.29, 1.82) is 0 Å². The van der Waals surface area contributed by atoms with E-state index in [4.69, 9.17) is 21.1 Å². The molecular formula is C13H18ClNO2. The highest BCUT2D eigenvalue weighted by molar-refractivity contribution is 6.30. The molecule has 94 valence electrons. The van der Waals surface area contributed by atoms with E-state index in [9.17, 15) is 0 Å². The van der Waals surface area contributed by atoms with Crippen LogP contribution in [-0.2, 0) is 17.8 Å². The highest BCUT2D eigenvalue weighted by atomic mass is 35.5. The number of likely N-dealkylation sites (N-methyl/N-ethyl adjacent to an activating group) is 1. The third kappa shape index (κ3) is 3.12. The van der Waals surface area contributed by atoms with Crippen molar-refractivity contribution in [3.8, 4) is 5.75 Å². The van der Waals surface area contributed by atoms with Gasteiger partial charge in [0.2, 0.25) is 0 Å². The Hall–Kier alpha value is -0.770. The van der Waals surface area contributed by atoms with Crippen LogP contribution in [0.4, 0.5) is 0 Å². The quantitative estimate of drug-likeness (QED) is 0.877. The molecular weight excluding hydrogens is 238 g/mol. The fraction of sp³-hybridized carbons (Fsp3) is 0.538. The normalized spacial score (nSPS) is 15.5. The Morgan fingerprint density at radius 3 is 3.12 bits per heavy atom. The van der Waals surface area contributed by atoms with Crippen molar-refractivity contribution in [2.45, 2.75) is 26.1 Å². The number of hydrogen-bond donors (Lipinski definition) is 1. The monoisotopic (exact) mass is 255 g/mol. The molecule has 1 N–H and O–H groups in total. The molecule has 1 aliphatic rings. The molecule has 1 aliphatic heterocycles. The van der Waals surface area contributed by atoms with E-state index in [1.165, 1.54) is 5.56 Å². The molecule has 0 saturated carbocycles. The van der Waals surface area contributed by atoms with Gasteiger partial charge in [0.05, 0.1) is 19.3 Å². The van der Waals surface area contributed by atoms with Crippen molar-refractivity contribution in [3.05, 3.63) is 28.3 Å². The smallest absolute Gasteiger partial charge is 0.128 e. The van der Waals surface area contributed by atoms with Crippen molar-refractivity contribution in [1.82, 2.24) is 5.32 Å². The van der Waals surface area contributed by atoms with Crippen molar-refractivity contribution >= 4 is 11.6 Å². The number of ether oxygens (including phenoxy) is 2. The van der Waals surface area contributed by atoms with Gasteiger partial charge in [-0.25, -0.2) is 0 Å². The van der Waals surface area contributed by atoms with Gasteiger partial charge in [-0.3, -0.25) is 0 Å². The predicted octanol–water partition coefficient (Wildman–Crippen LogP) is 2.40. The van der Waals surface area contributed by atoms with Gasteiger partial charge < -0.3 is 14.8 Å². The maximum Gasteiger partial charge on any atom is 0.128 e. The van der Waals surface area contributed by atoms with E-state index < -0.39 is 0 Å². The number of benzene rings is 1. The summed E-state index contributed by atoms with van der Waals surface area (Å²) in [5.74, 6) is 0.964. The van der Waals surface area contributed by atoms with Gasteiger partial charge in [-0.1, -0.05) is 11.6 Å². The number of rotatable bonds is 5. The van der Waals surface area contributed by atoms with Crippen LogP contribution < -0.4 is 10.1 Å². The van der Waals surface area contributed by atoms with Gasteiger partial charge in [0.25, 0.3) is 0 Å². The lowest BCUT2D eigenvalue weighted by Crippen LogP contribution is -2.23. The second kappa shape index (κ2) is 5.71. The zero-order valence-corrected chi connectivity index (χ0v) is 11.0. The number of nitrogens with one attached hydrogen (secondary N) is 1. The Kier molecular flexibility index (Phi) is 4.26. The maximum atomic E-state index is 6.08. The van der Waals surface area contributed by atoms with Crippen LogP contribution in [-0.4, -0.2) is 26.3 Å². The zero-order valence-electron chi connectivity index (χ0n) is 10.3. The summed E-state index contributed by atoms with van der Waals surface area (Å²) in [4.78, 5) is 0. The Morgan fingerprint density at radius 1 is 1.53 bits per heavy atom. The van der Waals surface area contributed by atoms with Crippen molar-refractivity contribution in [3.63, 3.8) is 0 Å². The molecule has 1 heterocycles. The fourth-order valence-electron chi connectivity index (χ4n) is 2.03. The standard InChI is InChI=1S/C13H18ClNO2/c1-9(7-15-2)17-8-11-6-12(14)5-10-3-4-16-13(10)11/h5-6,9,15H,3-4,7-8H2,1-2H3. The van der Waals surface area contributed by atoms with Crippen LogP contribution >= 0.6 is 11.6 Å². The largest absolute Gasteiger partial charge is 0.493 e. The SMILES string of the molecule is CNCC(C)OCc1cc(Cl)cc2c1OCC2. The van der Waals surface area contributed by atoms with Crippen molar-refractivity contribution in [2.75, 3.05) is 20.2 Å². The summed E-state index contributed by atoms with van der Waals surface area (Å²) in [6.45, 7) is 4.17. The second-order valence-corrected chi connectivity index (χ2v) is 4.77. The van der Waals surface area contributed by atoms with E-state index in [0.29, 0.717) is 6.61 Å². The highest BCUT2D eigenvalue weighted by Gasteiger charge is 2.18. The number of fused-ring (bicyclic) bond motifs is 1. The molecule has 0 bridgehead atoms. The minimum Gasteiger partial charge on any atom is -0.493 e. The van der Waals surface area contributed by atoms with Gasteiger partial charge in [0, 0.05) is 23.6 Å². The van der Waals surface area contributed by atoms with Crippen molar-refractivity contribution in [2.24, 2.45) is 0 Å². The summed E-state index contributed by atoms with van der Waals surface area (Å²) in [5, 5.41) is 3.84. The molecule has 0 spiro atoms. The van der Waals surface area contributed by atoms with Crippen LogP contribution in [0.3, 0.4) is 0 Å². The van der Waals surface area contributed by atoms with Crippen LogP contribution in [0.2, 0.25) is 5.02 Å². The molecule has 3 nitrogen and oxygen atoms in total. The lowest BCUT2D eigenvalue weighted by atomic mass is 10.1. The first kappa shape index (κ1) is 12.7. The topological polar surface area (TPSA) is 30.5 Å². The molecule has 0 fully saturated rings. The Balaban J connectivity index is 2.05. The summed E-state index contributed by atoms with van der Waals surface area (Å²) in [6, 6.07) is 3.90. The number of hydrogen-bond acceptors (Lipinski definition) is 3. The van der Waals surface area contributed by atoms with Crippen LogP contribution in [0.1, 0.15) is 18.1 Å². The van der Waals surface area contributed by atoms with Gasteiger partial charge in [-0.2, -0.15) is 0 Å². The average molecular weight is 256 g/mol. The molecule has 0 amide bonds. The van der Waals surface area contributed by atoms with E-state index in [1.54, 1.807) is 0 Å². The fourth-order valence-corrected chi connectivity index (χ4v) is 2.30. The van der Waals surface area contributed by atoms with E-state index >= 15 is 0 Å². The van der Waals surface area contributed by atoms with Crippen LogP contribution in [0.5, 0.6) is 5.75 Å². The molecule has 0 aromatic heterocycles. The minimum absolute atomic E-state index is 0.177. The zero-order chi connectivity index (χ0) is 12.3. The summed E-state index contributed by atoms with van der Waals surface area (Å²) in [7, 11) is 1.92. The first-order valence-corrected chi connectivity index (χ1v) is 6.29. The Bertz CT molecular complexity index is 395. The third-order valence-corrected chi connectivity index (χ3v) is 3.06. The second-order valence-electron chi connectivity index (χ2n) is 4.33. The van der Waals surface area contributed by atoms with E-state index in [2.05, 4.69) is 5.32 Å². The first-order chi connectivity index (χ1) is 8.20. The summed E-state index contributed by atoms with van der Waals surface area (Å²) >= 11 is 6.08. The van der Waals surface area contributed by atoms with Gasteiger partial charge in [0.1, 0.15) is 5.75 Å². The third-order valence-electron chi connectivity index (χ3n) is 2.84. The molecule has 1 unspecified atom stereocenters. The summed E-state index contributed by atoms with van der Waals surface area (Å²) in [5.41, 5.74) is 2.24. The summed E-state index contributed by atoms with van der Waals surface area (Å²) < 4.78 is 11.4. The molecule has 1 aromatic carbocycles. The molecule has 0 aliphatic carbocycles. The summed E-state index contributed by atoms with van der Waals surface area (Å²) in [6.07, 6.45) is 1.12. The lowest BCUT2D eigenvalue weighted by molar-refractivity contribution is 0.0533. The molecule has 1 atom stereocenters. The molecule has 2 rings (SSSR count). The lowest BCUT2D eigenvalue weighted by Gasteiger charge is -2.14. The first-order valence-electron chi connectivity index (χ1n) is 5.91. The van der Waals surface area contributed by atoms with Crippen LogP contribution in [0.15, 0.2) is 12.1 Å². The van der Waals surface area contributed by atoms with Crippen LogP contribution in [0.25, 0.3) is 0 Å². The van der Waals surface area contributed by atoms with Crippen molar-refractivity contribution < 1.29 is 9.47 Å². The van der Waals surface area contributed by atoms with Gasteiger partial charge in [-0.05, 0) is 31.7 Å². The van der Waals surface area contributed by atoms with Gasteiger partial charge >= 0.3 is 0 Å². The average Bonchev–Trinajstić information content (AvgIpc) is 2.74. The molecule has 0 saturated heterocycles. The van der Waals surface area contributed by atoms with E-state index in [0.717, 1.165) is 35.9 Å². The van der Waals surface area contributed by atoms with E-state index in [1.807, 2.05) is 26.1 Å². The number of halogens is 1. The van der Waals surface area contributed by atoms with E-state index in [-0.39, 0.29) is 6.10 Å². The van der Waals surface area contributed by atoms with Gasteiger partial charge in [0.15, 0.2) is 0 Å². The molecule has 1 aromatic rings. The maximum absolute atomic E-state index is 6.08. The molecule has 17 heavy (non-hydrogen) atoms. The highest BCUT2D eigenvalue weighted by Crippen LogP contribution is 2.33. The van der Waals surface area contributed by atoms with Gasteiger partial charge in [-0.15, -0.1) is 0 Å².